The lowest BCUT2D eigenvalue weighted by atomic mass is 10.2. The third kappa shape index (κ3) is 3.21. The van der Waals surface area contributed by atoms with Gasteiger partial charge in [-0.1, -0.05) is 5.16 Å². The zero-order valence-electron chi connectivity index (χ0n) is 14.3. The lowest BCUT2D eigenvalue weighted by molar-refractivity contribution is -0.0548. The number of ether oxygens (including phenoxy) is 1. The molecule has 0 radical (unpaired) electrons. The summed E-state index contributed by atoms with van der Waals surface area (Å²) in [6.45, 7) is 7.49. The van der Waals surface area contributed by atoms with Gasteiger partial charge in [-0.3, -0.25) is 9.58 Å². The van der Waals surface area contributed by atoms with E-state index in [1.165, 1.54) is 12.8 Å². The maximum absolute atomic E-state index is 5.93. The zero-order valence-corrected chi connectivity index (χ0v) is 14.3. The molecule has 2 fully saturated rings. The molecule has 0 amide bonds. The summed E-state index contributed by atoms with van der Waals surface area (Å²) < 4.78 is 13.3. The molecule has 2 atom stereocenters. The molecule has 0 saturated carbocycles. The monoisotopic (exact) mass is 332 g/mol. The first-order chi connectivity index (χ1) is 11.7. The number of aromatic nitrogens is 5. The number of rotatable bonds is 5. The van der Waals surface area contributed by atoms with Crippen molar-refractivity contribution in [3.8, 4) is 0 Å². The summed E-state index contributed by atoms with van der Waals surface area (Å²) in [6.07, 6.45) is 4.08. The van der Waals surface area contributed by atoms with Crippen LogP contribution >= 0.6 is 0 Å². The fourth-order valence-electron chi connectivity index (χ4n) is 3.63. The number of morpholine rings is 1. The van der Waals surface area contributed by atoms with Crippen LogP contribution in [-0.4, -0.2) is 55.5 Å². The van der Waals surface area contributed by atoms with Crippen molar-refractivity contribution in [2.75, 3.05) is 19.7 Å². The van der Waals surface area contributed by atoms with Crippen molar-refractivity contribution in [3.05, 3.63) is 23.4 Å². The Hall–Kier alpha value is -1.80. The summed E-state index contributed by atoms with van der Waals surface area (Å²) in [5, 5.41) is 8.49. The van der Waals surface area contributed by atoms with Gasteiger partial charge < -0.3 is 9.26 Å². The van der Waals surface area contributed by atoms with Crippen LogP contribution in [0.4, 0.5) is 0 Å². The van der Waals surface area contributed by atoms with Crippen LogP contribution in [0.5, 0.6) is 0 Å². The van der Waals surface area contributed by atoms with E-state index < -0.39 is 0 Å². The molecular formula is C16H24N6O2. The first-order valence-corrected chi connectivity index (χ1v) is 8.75. The van der Waals surface area contributed by atoms with Crippen molar-refractivity contribution in [3.63, 3.8) is 0 Å². The van der Waals surface area contributed by atoms with Crippen molar-refractivity contribution in [1.29, 1.82) is 0 Å². The number of hydrogen-bond donors (Lipinski definition) is 0. The van der Waals surface area contributed by atoms with E-state index in [4.69, 9.17) is 9.26 Å². The van der Waals surface area contributed by atoms with Gasteiger partial charge in [-0.2, -0.15) is 10.1 Å². The topological polar surface area (TPSA) is 82.1 Å². The van der Waals surface area contributed by atoms with E-state index in [2.05, 4.69) is 25.1 Å². The van der Waals surface area contributed by atoms with Gasteiger partial charge >= 0.3 is 0 Å². The van der Waals surface area contributed by atoms with Crippen LogP contribution in [0.15, 0.2) is 4.52 Å². The maximum Gasteiger partial charge on any atom is 0.226 e. The Morgan fingerprint density at radius 3 is 3.00 bits per heavy atom. The Morgan fingerprint density at radius 2 is 2.17 bits per heavy atom. The van der Waals surface area contributed by atoms with Crippen LogP contribution < -0.4 is 0 Å². The van der Waals surface area contributed by atoms with Gasteiger partial charge in [0.2, 0.25) is 11.7 Å². The normalized spacial score (nSPS) is 24.4. The lowest BCUT2D eigenvalue weighted by Gasteiger charge is -2.33. The molecule has 130 valence electrons. The molecule has 2 aromatic rings. The summed E-state index contributed by atoms with van der Waals surface area (Å²) in [5.41, 5.74) is 0. The second kappa shape index (κ2) is 6.60. The maximum atomic E-state index is 5.93. The number of fused-ring (bicyclic) bond motifs is 1. The van der Waals surface area contributed by atoms with Crippen molar-refractivity contribution in [1.82, 2.24) is 29.8 Å². The summed E-state index contributed by atoms with van der Waals surface area (Å²) in [6, 6.07) is 0.585. The Bertz CT molecular complexity index is 697. The average molecular weight is 332 g/mol. The molecule has 8 nitrogen and oxygen atoms in total. The zero-order chi connectivity index (χ0) is 16.5. The van der Waals surface area contributed by atoms with Crippen LogP contribution in [0.1, 0.15) is 48.7 Å². The van der Waals surface area contributed by atoms with Crippen LogP contribution in [0.2, 0.25) is 0 Å². The SMILES string of the molecule is Cc1nc(C)n(CCCc2nc([C@H]3CN4CCC[C@H]4CO3)no2)n1. The van der Waals surface area contributed by atoms with E-state index in [9.17, 15) is 0 Å². The molecule has 0 bridgehead atoms. The van der Waals surface area contributed by atoms with E-state index in [0.717, 1.165) is 50.7 Å². The van der Waals surface area contributed by atoms with Gasteiger partial charge in [0.15, 0.2) is 0 Å². The Morgan fingerprint density at radius 1 is 1.25 bits per heavy atom. The molecule has 4 heterocycles. The number of hydrogen-bond acceptors (Lipinski definition) is 7. The number of aryl methyl sites for hydroxylation is 4. The van der Waals surface area contributed by atoms with Crippen molar-refractivity contribution >= 4 is 0 Å². The van der Waals surface area contributed by atoms with Gasteiger partial charge in [-0.05, 0) is 39.7 Å². The minimum Gasteiger partial charge on any atom is -0.367 e. The molecule has 0 aromatic carbocycles. The molecule has 4 rings (SSSR count). The fourth-order valence-corrected chi connectivity index (χ4v) is 3.63. The molecule has 8 heteroatoms. The second-order valence-corrected chi connectivity index (χ2v) is 6.69. The molecule has 2 aliphatic rings. The molecule has 2 aliphatic heterocycles. The number of nitrogens with zero attached hydrogens (tertiary/aromatic N) is 6. The highest BCUT2D eigenvalue weighted by Crippen LogP contribution is 2.28. The fraction of sp³-hybridized carbons (Fsp3) is 0.750. The minimum atomic E-state index is -0.0583. The van der Waals surface area contributed by atoms with Gasteiger partial charge in [0.1, 0.15) is 17.8 Å². The van der Waals surface area contributed by atoms with Gasteiger partial charge in [0.05, 0.1) is 6.61 Å². The first kappa shape index (κ1) is 15.7. The predicted molar refractivity (Wildman–Crippen MR) is 85.4 cm³/mol. The highest BCUT2D eigenvalue weighted by Gasteiger charge is 2.34. The molecule has 0 unspecified atom stereocenters. The molecule has 24 heavy (non-hydrogen) atoms. The second-order valence-electron chi connectivity index (χ2n) is 6.69. The van der Waals surface area contributed by atoms with Crippen LogP contribution in [0.25, 0.3) is 0 Å². The van der Waals surface area contributed by atoms with E-state index in [0.29, 0.717) is 17.8 Å². The largest absolute Gasteiger partial charge is 0.367 e. The average Bonchev–Trinajstić information content (AvgIpc) is 3.27. The van der Waals surface area contributed by atoms with Gasteiger partial charge in [-0.25, -0.2) is 4.98 Å². The van der Waals surface area contributed by atoms with Crippen molar-refractivity contribution in [2.24, 2.45) is 0 Å². The molecule has 0 spiro atoms. The van der Waals surface area contributed by atoms with E-state index in [1.54, 1.807) is 0 Å². The third-order valence-corrected chi connectivity index (χ3v) is 4.88. The van der Waals surface area contributed by atoms with Gasteiger partial charge in [0.25, 0.3) is 0 Å². The standard InChI is InChI=1S/C16H24N6O2/c1-11-17-12(2)22(19-11)8-4-6-15-18-16(20-24-15)14-9-21-7-3-5-13(21)10-23-14/h13-14H,3-10H2,1-2H3/t13-,14+/m0/s1. The summed E-state index contributed by atoms with van der Waals surface area (Å²) in [5.74, 6) is 3.10. The highest BCUT2D eigenvalue weighted by atomic mass is 16.5. The molecular weight excluding hydrogens is 308 g/mol. The van der Waals surface area contributed by atoms with Gasteiger partial charge in [-0.15, -0.1) is 0 Å². The Balaban J connectivity index is 1.31. The van der Waals surface area contributed by atoms with E-state index in [1.807, 2.05) is 18.5 Å². The molecule has 2 saturated heterocycles. The van der Waals surface area contributed by atoms with Crippen molar-refractivity contribution in [2.45, 2.75) is 58.2 Å². The van der Waals surface area contributed by atoms with Crippen LogP contribution in [0, 0.1) is 13.8 Å². The smallest absolute Gasteiger partial charge is 0.226 e. The highest BCUT2D eigenvalue weighted by molar-refractivity contribution is 4.97. The molecule has 0 N–H and O–H groups in total. The molecule has 2 aromatic heterocycles. The lowest BCUT2D eigenvalue weighted by Crippen LogP contribution is -2.42. The van der Waals surface area contributed by atoms with Gasteiger partial charge in [0, 0.05) is 25.6 Å². The predicted octanol–water partition coefficient (Wildman–Crippen LogP) is 1.45. The Kier molecular flexibility index (Phi) is 4.32. The van der Waals surface area contributed by atoms with Crippen LogP contribution in [-0.2, 0) is 17.7 Å². The van der Waals surface area contributed by atoms with Crippen LogP contribution in [0.3, 0.4) is 0 Å². The summed E-state index contributed by atoms with van der Waals surface area (Å²) >= 11 is 0. The Labute approximate surface area is 141 Å². The molecule has 0 aliphatic carbocycles. The third-order valence-electron chi connectivity index (χ3n) is 4.88. The van der Waals surface area contributed by atoms with Crippen molar-refractivity contribution < 1.29 is 9.26 Å². The summed E-state index contributed by atoms with van der Waals surface area (Å²) in [4.78, 5) is 11.3. The minimum absolute atomic E-state index is 0.0583. The van der Waals surface area contributed by atoms with E-state index >= 15 is 0 Å². The quantitative estimate of drug-likeness (QED) is 0.819. The van der Waals surface area contributed by atoms with E-state index in [-0.39, 0.29) is 6.10 Å². The first-order valence-electron chi connectivity index (χ1n) is 8.75. The summed E-state index contributed by atoms with van der Waals surface area (Å²) in [7, 11) is 0.